The number of hydrogen-bond donors (Lipinski definition) is 2. The van der Waals surface area contributed by atoms with Gasteiger partial charge in [-0.05, 0) is 44.9 Å². The second-order valence-corrected chi connectivity index (χ2v) is 10.8. The number of anilines is 1. The molecule has 1 fully saturated rings. The molecule has 2 aromatic rings. The lowest BCUT2D eigenvalue weighted by Crippen LogP contribution is -2.52. The third kappa shape index (κ3) is 3.40. The molecule has 3 heterocycles. The van der Waals surface area contributed by atoms with Crippen molar-refractivity contribution in [3.8, 4) is 0 Å². The van der Waals surface area contributed by atoms with Crippen LogP contribution in [-0.2, 0) is 23.6 Å². The summed E-state index contributed by atoms with van der Waals surface area (Å²) in [6.45, 7) is 4.51. The number of guanidine groups is 1. The fourth-order valence-electron chi connectivity index (χ4n) is 4.30. The number of nitrogens with one attached hydrogen (secondary N) is 1. The van der Waals surface area contributed by atoms with Crippen molar-refractivity contribution in [2.75, 3.05) is 11.4 Å². The highest BCUT2D eigenvalue weighted by atomic mass is 32.2. The summed E-state index contributed by atoms with van der Waals surface area (Å²) in [4.78, 5) is 22.0. The highest BCUT2D eigenvalue weighted by Gasteiger charge is 2.45. The molecule has 0 saturated heterocycles. The van der Waals surface area contributed by atoms with Crippen LogP contribution in [0.4, 0.5) is 5.69 Å². The van der Waals surface area contributed by atoms with E-state index in [1.807, 2.05) is 32.0 Å². The Balaban J connectivity index is 1.58. The normalized spacial score (nSPS) is 23.8. The van der Waals surface area contributed by atoms with E-state index in [-0.39, 0.29) is 29.4 Å². The monoisotopic (exact) mass is 457 g/mol. The van der Waals surface area contributed by atoms with Gasteiger partial charge in [-0.15, -0.1) is 0 Å². The van der Waals surface area contributed by atoms with Gasteiger partial charge in [-0.25, -0.2) is 18.1 Å². The quantitative estimate of drug-likeness (QED) is 0.661. The average molecular weight is 458 g/mol. The lowest BCUT2D eigenvalue weighted by atomic mass is 10.0. The Morgan fingerprint density at radius 3 is 2.69 bits per heavy atom. The van der Waals surface area contributed by atoms with Gasteiger partial charge in [0.1, 0.15) is 0 Å². The number of amides is 1. The number of aryl methyl sites for hydroxylation is 1. The summed E-state index contributed by atoms with van der Waals surface area (Å²) in [6, 6.07) is 4.49. The number of aliphatic imine (C=N–C) groups is 1. The predicted octanol–water partition coefficient (Wildman–Crippen LogP) is 0.799. The van der Waals surface area contributed by atoms with Crippen molar-refractivity contribution in [2.45, 2.75) is 55.8 Å². The van der Waals surface area contributed by atoms with Crippen LogP contribution in [0.15, 0.2) is 40.5 Å². The lowest BCUT2D eigenvalue weighted by Gasteiger charge is -2.38. The molecule has 0 radical (unpaired) electrons. The number of hydrogen-bond acceptors (Lipinski definition) is 7. The van der Waals surface area contributed by atoms with Gasteiger partial charge in [-0.2, -0.15) is 5.10 Å². The Bertz CT molecular complexity index is 1230. The van der Waals surface area contributed by atoms with E-state index >= 15 is 0 Å². The van der Waals surface area contributed by atoms with Gasteiger partial charge in [0.2, 0.25) is 16.0 Å². The molecule has 3 N–H and O–H groups in total. The lowest BCUT2D eigenvalue weighted by molar-refractivity contribution is 0.0833. The summed E-state index contributed by atoms with van der Waals surface area (Å²) in [6.07, 6.45) is 5.16. The predicted molar refractivity (Wildman–Crippen MR) is 120 cm³/mol. The first kappa shape index (κ1) is 21.1. The van der Waals surface area contributed by atoms with Crippen LogP contribution in [0.2, 0.25) is 0 Å². The SMILES string of the molecule is C[C@@H]1[C@H](CN)N=C2N(Cc3cnn(C)c3)C(=O)c3cc(S(=O)(=O)NC4(C)CC4)ccc3N21. The Kier molecular flexibility index (Phi) is 4.70. The van der Waals surface area contributed by atoms with Gasteiger partial charge >= 0.3 is 0 Å². The number of benzene rings is 1. The van der Waals surface area contributed by atoms with Crippen molar-refractivity contribution in [3.05, 3.63) is 41.7 Å². The molecule has 0 unspecified atom stereocenters. The van der Waals surface area contributed by atoms with E-state index in [0.29, 0.717) is 23.8 Å². The molecule has 32 heavy (non-hydrogen) atoms. The first-order valence-corrected chi connectivity index (χ1v) is 12.1. The van der Waals surface area contributed by atoms with E-state index in [1.54, 1.807) is 27.9 Å². The average Bonchev–Trinajstić information content (AvgIpc) is 3.15. The van der Waals surface area contributed by atoms with Crippen molar-refractivity contribution in [1.29, 1.82) is 0 Å². The highest BCUT2D eigenvalue weighted by Crippen LogP contribution is 2.39. The van der Waals surface area contributed by atoms with Crippen molar-refractivity contribution in [3.63, 3.8) is 0 Å². The maximum atomic E-state index is 13.6. The van der Waals surface area contributed by atoms with Crippen LogP contribution in [-0.4, -0.2) is 59.1 Å². The third-order valence-electron chi connectivity index (χ3n) is 6.44. The Labute approximate surface area is 187 Å². The molecule has 10 nitrogen and oxygen atoms in total. The van der Waals surface area contributed by atoms with Gasteiger partial charge in [-0.1, -0.05) is 0 Å². The summed E-state index contributed by atoms with van der Waals surface area (Å²) in [5.41, 5.74) is 7.38. The van der Waals surface area contributed by atoms with Crippen LogP contribution in [0.3, 0.4) is 0 Å². The standard InChI is InChI=1S/C21H27N7O3S/c1-13-17(9-22)24-20-27(12-14-10-23-26(3)11-14)19(29)16-8-15(4-5-18(16)28(13)20)32(30,31)25-21(2)6-7-21/h4-5,8,10-11,13,17,25H,6-7,9,12,22H2,1-3H3/t13-,17+/m1/s1. The molecular formula is C21H27N7O3S. The molecular weight excluding hydrogens is 430 g/mol. The van der Waals surface area contributed by atoms with Crippen LogP contribution in [0.25, 0.3) is 0 Å². The molecule has 0 bridgehead atoms. The van der Waals surface area contributed by atoms with E-state index < -0.39 is 15.6 Å². The van der Waals surface area contributed by atoms with Crippen molar-refractivity contribution in [2.24, 2.45) is 17.8 Å². The summed E-state index contributed by atoms with van der Waals surface area (Å²) in [5.74, 6) is 0.243. The molecule has 0 spiro atoms. The first-order valence-electron chi connectivity index (χ1n) is 10.7. The summed E-state index contributed by atoms with van der Waals surface area (Å²) >= 11 is 0. The molecule has 11 heteroatoms. The van der Waals surface area contributed by atoms with Gasteiger partial charge in [0.15, 0.2) is 0 Å². The van der Waals surface area contributed by atoms with Gasteiger partial charge in [0.05, 0.1) is 41.0 Å². The van der Waals surface area contributed by atoms with Gasteiger partial charge < -0.3 is 10.6 Å². The molecule has 3 aliphatic rings. The zero-order valence-corrected chi connectivity index (χ0v) is 19.1. The van der Waals surface area contributed by atoms with E-state index in [2.05, 4.69) is 9.82 Å². The Morgan fingerprint density at radius 2 is 2.06 bits per heavy atom. The second kappa shape index (κ2) is 7.12. The molecule has 1 aliphatic carbocycles. The smallest absolute Gasteiger partial charge is 0.263 e. The minimum atomic E-state index is -3.74. The van der Waals surface area contributed by atoms with E-state index in [0.717, 1.165) is 18.4 Å². The Morgan fingerprint density at radius 1 is 1.31 bits per heavy atom. The molecule has 1 amide bonds. The minimum absolute atomic E-state index is 0.0656. The number of aromatic nitrogens is 2. The molecule has 2 aliphatic heterocycles. The Hall–Kier alpha value is -2.76. The number of rotatable bonds is 6. The number of carbonyl (C=O) groups excluding carboxylic acids is 1. The minimum Gasteiger partial charge on any atom is -0.328 e. The fraction of sp³-hybridized carbons (Fsp3) is 0.476. The van der Waals surface area contributed by atoms with Crippen LogP contribution < -0.4 is 15.4 Å². The molecule has 2 atom stereocenters. The number of carbonyl (C=O) groups is 1. The van der Waals surface area contributed by atoms with E-state index in [4.69, 9.17) is 10.7 Å². The largest absolute Gasteiger partial charge is 0.328 e. The van der Waals surface area contributed by atoms with E-state index in [9.17, 15) is 13.2 Å². The van der Waals surface area contributed by atoms with Crippen LogP contribution >= 0.6 is 0 Å². The molecule has 1 saturated carbocycles. The van der Waals surface area contributed by atoms with Gasteiger partial charge in [0.25, 0.3) is 5.91 Å². The van der Waals surface area contributed by atoms with Gasteiger partial charge in [-0.3, -0.25) is 14.4 Å². The second-order valence-electron chi connectivity index (χ2n) is 9.10. The maximum absolute atomic E-state index is 13.6. The molecule has 1 aromatic heterocycles. The highest BCUT2D eigenvalue weighted by molar-refractivity contribution is 7.89. The van der Waals surface area contributed by atoms with E-state index in [1.165, 1.54) is 6.07 Å². The molecule has 170 valence electrons. The van der Waals surface area contributed by atoms with Crippen LogP contribution in [0.5, 0.6) is 0 Å². The van der Waals surface area contributed by atoms with Crippen molar-refractivity contribution < 1.29 is 13.2 Å². The van der Waals surface area contributed by atoms with Gasteiger partial charge in [0, 0.05) is 30.9 Å². The van der Waals surface area contributed by atoms with Crippen molar-refractivity contribution >= 4 is 27.6 Å². The molecule has 5 rings (SSSR count). The van der Waals surface area contributed by atoms with Crippen molar-refractivity contribution in [1.82, 2.24) is 19.4 Å². The number of fused-ring (bicyclic) bond motifs is 3. The fourth-order valence-corrected chi connectivity index (χ4v) is 5.79. The maximum Gasteiger partial charge on any atom is 0.263 e. The zero-order chi connectivity index (χ0) is 22.8. The number of sulfonamides is 1. The third-order valence-corrected chi connectivity index (χ3v) is 8.07. The van der Waals surface area contributed by atoms with Crippen LogP contribution in [0, 0.1) is 0 Å². The summed E-state index contributed by atoms with van der Waals surface area (Å²) in [5, 5.41) is 4.19. The number of nitrogens with two attached hydrogens (primary N) is 1. The van der Waals surface area contributed by atoms with Crippen LogP contribution in [0.1, 0.15) is 42.6 Å². The molecule has 1 aromatic carbocycles. The summed E-state index contributed by atoms with van der Waals surface area (Å²) in [7, 11) is -1.93. The number of nitrogens with zero attached hydrogens (tertiary/aromatic N) is 5. The summed E-state index contributed by atoms with van der Waals surface area (Å²) < 4.78 is 30.3. The first-order chi connectivity index (χ1) is 15.1. The topological polar surface area (TPSA) is 126 Å². The zero-order valence-electron chi connectivity index (χ0n) is 18.3.